The predicted molar refractivity (Wildman–Crippen MR) is 56.8 cm³/mol. The zero-order chi connectivity index (χ0) is 11.4. The number of aliphatic carboxylic acids is 1. The van der Waals surface area contributed by atoms with Crippen LogP contribution in [0.4, 0.5) is 10.1 Å². The molecule has 15 heavy (non-hydrogen) atoms. The smallest absolute Gasteiger partial charge is 0.307 e. The van der Waals surface area contributed by atoms with Crippen LogP contribution < -0.4 is 5.73 Å². The van der Waals surface area contributed by atoms with Gasteiger partial charge in [0.2, 0.25) is 0 Å². The molecule has 0 radical (unpaired) electrons. The van der Waals surface area contributed by atoms with Gasteiger partial charge in [0.15, 0.2) is 0 Å². The Labute approximate surface area is 87.0 Å². The van der Waals surface area contributed by atoms with Crippen molar-refractivity contribution in [3.63, 3.8) is 0 Å². The summed E-state index contributed by atoms with van der Waals surface area (Å²) >= 11 is 0. The molecule has 0 heterocycles. The van der Waals surface area contributed by atoms with Gasteiger partial charge in [-0.1, -0.05) is 12.2 Å². The van der Waals surface area contributed by atoms with E-state index in [-0.39, 0.29) is 6.42 Å². The summed E-state index contributed by atoms with van der Waals surface area (Å²) in [6, 6.07) is 2.82. The van der Waals surface area contributed by atoms with E-state index >= 15 is 0 Å². The highest BCUT2D eigenvalue weighted by atomic mass is 19.1. The van der Waals surface area contributed by atoms with E-state index in [1.54, 1.807) is 13.0 Å². The van der Waals surface area contributed by atoms with Crippen molar-refractivity contribution < 1.29 is 14.3 Å². The van der Waals surface area contributed by atoms with Crippen LogP contribution in [0.3, 0.4) is 0 Å². The number of hydrogen-bond acceptors (Lipinski definition) is 2. The van der Waals surface area contributed by atoms with E-state index < -0.39 is 11.8 Å². The quantitative estimate of drug-likeness (QED) is 0.750. The second-order valence-electron chi connectivity index (χ2n) is 3.23. The number of nitrogens with two attached hydrogens (primary N) is 1. The Morgan fingerprint density at radius 1 is 1.60 bits per heavy atom. The molecule has 80 valence electrons. The molecular weight excluding hydrogens is 197 g/mol. The van der Waals surface area contributed by atoms with Gasteiger partial charge in [-0.25, -0.2) is 4.39 Å². The first-order valence-corrected chi connectivity index (χ1v) is 4.44. The number of hydrogen-bond donors (Lipinski definition) is 2. The van der Waals surface area contributed by atoms with E-state index in [0.717, 1.165) is 5.56 Å². The van der Waals surface area contributed by atoms with Gasteiger partial charge in [-0.3, -0.25) is 4.79 Å². The van der Waals surface area contributed by atoms with Crippen LogP contribution in [-0.4, -0.2) is 11.1 Å². The fourth-order valence-electron chi connectivity index (χ4n) is 1.13. The van der Waals surface area contributed by atoms with E-state index in [1.807, 2.05) is 0 Å². The monoisotopic (exact) mass is 209 g/mol. The fraction of sp³-hybridized carbons (Fsp3) is 0.182. The highest BCUT2D eigenvalue weighted by molar-refractivity contribution is 5.70. The Morgan fingerprint density at radius 2 is 2.27 bits per heavy atom. The molecule has 3 nitrogen and oxygen atoms in total. The number of benzene rings is 1. The molecule has 0 amide bonds. The summed E-state index contributed by atoms with van der Waals surface area (Å²) in [6.07, 6.45) is 2.72. The molecule has 0 aliphatic carbocycles. The normalized spacial score (nSPS) is 10.8. The molecule has 1 aromatic carbocycles. The number of halogens is 1. The standard InChI is InChI=1S/C11H12FNO2/c1-7-5-8(3-2-4-11(14)15)9(12)6-10(7)13/h2-3,5-6H,4,13H2,1H3,(H,14,15). The van der Waals surface area contributed by atoms with Crippen molar-refractivity contribution in [1.82, 2.24) is 0 Å². The van der Waals surface area contributed by atoms with Crippen LogP contribution in [0.1, 0.15) is 17.5 Å². The van der Waals surface area contributed by atoms with Crippen LogP contribution in [0, 0.1) is 12.7 Å². The van der Waals surface area contributed by atoms with Crippen LogP contribution in [-0.2, 0) is 4.79 Å². The highest BCUT2D eigenvalue weighted by Gasteiger charge is 2.02. The first kappa shape index (κ1) is 11.2. The SMILES string of the molecule is Cc1cc(C=CCC(=O)O)c(F)cc1N. The summed E-state index contributed by atoms with van der Waals surface area (Å²) in [7, 11) is 0. The lowest BCUT2D eigenvalue weighted by atomic mass is 10.1. The second-order valence-corrected chi connectivity index (χ2v) is 3.23. The molecule has 0 fully saturated rings. The van der Waals surface area contributed by atoms with Gasteiger partial charge < -0.3 is 10.8 Å². The van der Waals surface area contributed by atoms with E-state index in [2.05, 4.69) is 0 Å². The minimum absolute atomic E-state index is 0.122. The first-order chi connectivity index (χ1) is 7.00. The first-order valence-electron chi connectivity index (χ1n) is 4.44. The molecule has 0 atom stereocenters. The number of carbonyl (C=O) groups is 1. The lowest BCUT2D eigenvalue weighted by Crippen LogP contribution is -1.94. The topological polar surface area (TPSA) is 63.3 Å². The van der Waals surface area contributed by atoms with Crippen molar-refractivity contribution >= 4 is 17.7 Å². The molecule has 0 saturated heterocycles. The summed E-state index contributed by atoms with van der Waals surface area (Å²) < 4.78 is 13.3. The van der Waals surface area contributed by atoms with Crippen LogP contribution in [0.15, 0.2) is 18.2 Å². The number of carboxylic acid groups (broad SMARTS) is 1. The molecule has 0 aliphatic heterocycles. The van der Waals surface area contributed by atoms with Gasteiger partial charge in [-0.2, -0.15) is 0 Å². The van der Waals surface area contributed by atoms with Crippen molar-refractivity contribution in [3.8, 4) is 0 Å². The average Bonchev–Trinajstić information content (AvgIpc) is 2.13. The van der Waals surface area contributed by atoms with Crippen LogP contribution in [0.25, 0.3) is 6.08 Å². The van der Waals surface area contributed by atoms with Gasteiger partial charge in [0.25, 0.3) is 0 Å². The van der Waals surface area contributed by atoms with Crippen LogP contribution >= 0.6 is 0 Å². The number of nitrogen functional groups attached to an aromatic ring is 1. The molecular formula is C11H12FNO2. The van der Waals surface area contributed by atoms with Gasteiger partial charge in [0, 0.05) is 11.3 Å². The van der Waals surface area contributed by atoms with Crippen molar-refractivity contribution in [1.29, 1.82) is 0 Å². The molecule has 0 saturated carbocycles. The number of anilines is 1. The van der Waals surface area contributed by atoms with Crippen molar-refractivity contribution in [2.75, 3.05) is 5.73 Å². The van der Waals surface area contributed by atoms with Gasteiger partial charge in [-0.15, -0.1) is 0 Å². The number of rotatable bonds is 3. The van der Waals surface area contributed by atoms with E-state index in [9.17, 15) is 9.18 Å². The molecule has 0 aliphatic rings. The Balaban J connectivity index is 2.90. The van der Waals surface area contributed by atoms with Crippen molar-refractivity contribution in [2.24, 2.45) is 0 Å². The molecule has 0 unspecified atom stereocenters. The molecule has 0 bridgehead atoms. The summed E-state index contributed by atoms with van der Waals surface area (Å²) in [4.78, 5) is 10.2. The summed E-state index contributed by atoms with van der Waals surface area (Å²) in [6.45, 7) is 1.77. The molecule has 0 spiro atoms. The second kappa shape index (κ2) is 4.59. The van der Waals surface area contributed by atoms with E-state index in [4.69, 9.17) is 10.8 Å². The highest BCUT2D eigenvalue weighted by Crippen LogP contribution is 2.18. The Hall–Kier alpha value is -1.84. The molecule has 0 aromatic heterocycles. The number of aryl methyl sites for hydroxylation is 1. The third-order valence-electron chi connectivity index (χ3n) is 1.98. The zero-order valence-corrected chi connectivity index (χ0v) is 8.33. The van der Waals surface area contributed by atoms with Crippen LogP contribution in [0.2, 0.25) is 0 Å². The third-order valence-corrected chi connectivity index (χ3v) is 1.98. The number of carboxylic acids is 1. The maximum atomic E-state index is 13.3. The van der Waals surface area contributed by atoms with Crippen molar-refractivity contribution in [3.05, 3.63) is 35.2 Å². The third kappa shape index (κ3) is 3.09. The molecule has 1 aromatic rings. The van der Waals surface area contributed by atoms with E-state index in [1.165, 1.54) is 18.2 Å². The largest absolute Gasteiger partial charge is 0.481 e. The van der Waals surface area contributed by atoms with Gasteiger partial charge in [0.05, 0.1) is 6.42 Å². The van der Waals surface area contributed by atoms with Gasteiger partial charge in [0.1, 0.15) is 5.82 Å². The molecule has 3 N–H and O–H groups in total. The van der Waals surface area contributed by atoms with Gasteiger partial charge >= 0.3 is 5.97 Å². The Kier molecular flexibility index (Phi) is 3.44. The maximum absolute atomic E-state index is 13.3. The lowest BCUT2D eigenvalue weighted by molar-refractivity contribution is -0.135. The fourth-order valence-corrected chi connectivity index (χ4v) is 1.13. The minimum atomic E-state index is -0.946. The Morgan fingerprint density at radius 3 is 2.87 bits per heavy atom. The minimum Gasteiger partial charge on any atom is -0.481 e. The zero-order valence-electron chi connectivity index (χ0n) is 8.33. The lowest BCUT2D eigenvalue weighted by Gasteiger charge is -2.02. The Bertz CT molecular complexity index is 413. The summed E-state index contributed by atoms with van der Waals surface area (Å²) in [5.74, 6) is -1.39. The predicted octanol–water partition coefficient (Wildman–Crippen LogP) is 2.20. The van der Waals surface area contributed by atoms with E-state index in [0.29, 0.717) is 11.3 Å². The van der Waals surface area contributed by atoms with Crippen molar-refractivity contribution in [2.45, 2.75) is 13.3 Å². The average molecular weight is 209 g/mol. The summed E-state index contributed by atoms with van der Waals surface area (Å²) in [5, 5.41) is 8.39. The molecule has 1 rings (SSSR count). The maximum Gasteiger partial charge on any atom is 0.307 e. The summed E-state index contributed by atoms with van der Waals surface area (Å²) in [5.41, 5.74) is 7.02. The molecule has 4 heteroatoms. The van der Waals surface area contributed by atoms with Crippen LogP contribution in [0.5, 0.6) is 0 Å². The van der Waals surface area contributed by atoms with Gasteiger partial charge in [-0.05, 0) is 24.6 Å².